The van der Waals surface area contributed by atoms with Gasteiger partial charge in [0.2, 0.25) is 5.91 Å². The summed E-state index contributed by atoms with van der Waals surface area (Å²) in [5, 5.41) is 18.4. The minimum Gasteiger partial charge on any atom is -0.480 e. The molecule has 2 rings (SSSR count). The molecule has 0 spiro atoms. The van der Waals surface area contributed by atoms with Crippen LogP contribution in [0.25, 0.3) is 10.9 Å². The van der Waals surface area contributed by atoms with Crippen LogP contribution in [0.15, 0.2) is 24.4 Å². The van der Waals surface area contributed by atoms with Crippen molar-refractivity contribution in [3.05, 3.63) is 30.0 Å². The first kappa shape index (κ1) is 13.5. The largest absolute Gasteiger partial charge is 0.480 e. The molecule has 2 aromatic rings. The van der Waals surface area contributed by atoms with Crippen LogP contribution in [0, 0.1) is 0 Å². The number of primary amides is 1. The number of fused-ring (bicyclic) bond motifs is 1. The Morgan fingerprint density at radius 1 is 1.40 bits per heavy atom. The maximum atomic E-state index is 11.9. The summed E-state index contributed by atoms with van der Waals surface area (Å²) in [7, 11) is 0. The van der Waals surface area contributed by atoms with Crippen LogP contribution in [0.1, 0.15) is 16.8 Å². The zero-order valence-corrected chi connectivity index (χ0v) is 10.3. The van der Waals surface area contributed by atoms with E-state index in [4.69, 9.17) is 10.8 Å². The Morgan fingerprint density at radius 3 is 2.80 bits per heavy atom. The van der Waals surface area contributed by atoms with Crippen LogP contribution in [-0.2, 0) is 9.59 Å². The first-order valence-electron chi connectivity index (χ1n) is 5.72. The second kappa shape index (κ2) is 5.39. The minimum absolute atomic E-state index is 0.273. The summed E-state index contributed by atoms with van der Waals surface area (Å²) < 4.78 is 0. The average Bonchev–Trinajstić information content (AvgIpc) is 2.84. The van der Waals surface area contributed by atoms with E-state index in [2.05, 4.69) is 15.5 Å². The van der Waals surface area contributed by atoms with Crippen LogP contribution in [0.2, 0.25) is 0 Å². The van der Waals surface area contributed by atoms with Crippen molar-refractivity contribution in [3.63, 3.8) is 0 Å². The maximum Gasteiger partial charge on any atom is 0.326 e. The lowest BCUT2D eigenvalue weighted by Gasteiger charge is -2.12. The Balaban J connectivity index is 2.17. The van der Waals surface area contributed by atoms with E-state index in [0.29, 0.717) is 0 Å². The molecule has 0 bridgehead atoms. The van der Waals surface area contributed by atoms with Gasteiger partial charge in [0.1, 0.15) is 6.04 Å². The quantitative estimate of drug-likeness (QED) is 0.589. The molecule has 0 saturated heterocycles. The van der Waals surface area contributed by atoms with E-state index in [0.717, 1.165) is 10.9 Å². The van der Waals surface area contributed by atoms with Gasteiger partial charge >= 0.3 is 5.97 Å². The zero-order chi connectivity index (χ0) is 14.7. The molecule has 104 valence electrons. The predicted octanol–water partition coefficient (Wildman–Crippen LogP) is -0.379. The summed E-state index contributed by atoms with van der Waals surface area (Å²) in [4.78, 5) is 33.7. The Hall–Kier alpha value is -2.90. The Kier molecular flexibility index (Phi) is 3.65. The number of hydrogen-bond acceptors (Lipinski definition) is 4. The average molecular weight is 276 g/mol. The molecule has 1 aromatic carbocycles. The number of aromatic amines is 1. The van der Waals surface area contributed by atoms with Gasteiger partial charge in [0.15, 0.2) is 0 Å². The lowest BCUT2D eigenvalue weighted by Crippen LogP contribution is -2.43. The number of H-pyrrole nitrogens is 1. The van der Waals surface area contributed by atoms with Gasteiger partial charge in [-0.2, -0.15) is 5.10 Å². The number of nitrogens with one attached hydrogen (secondary N) is 2. The molecule has 8 nitrogen and oxygen atoms in total. The normalized spacial score (nSPS) is 12.0. The van der Waals surface area contributed by atoms with E-state index < -0.39 is 30.2 Å². The first-order valence-corrected chi connectivity index (χ1v) is 5.72. The summed E-state index contributed by atoms with van der Waals surface area (Å²) in [5.41, 5.74) is 5.97. The summed E-state index contributed by atoms with van der Waals surface area (Å²) in [6, 6.07) is 3.40. The van der Waals surface area contributed by atoms with Gasteiger partial charge in [-0.1, -0.05) is 0 Å². The van der Waals surface area contributed by atoms with Gasteiger partial charge in [-0.3, -0.25) is 14.7 Å². The number of carbonyl (C=O) groups excluding carboxylic acids is 2. The van der Waals surface area contributed by atoms with Crippen molar-refractivity contribution in [1.29, 1.82) is 0 Å². The third-order valence-corrected chi connectivity index (χ3v) is 2.71. The molecule has 0 radical (unpaired) electrons. The number of nitrogens with two attached hydrogens (primary N) is 1. The Morgan fingerprint density at radius 2 is 2.15 bits per heavy atom. The monoisotopic (exact) mass is 276 g/mol. The van der Waals surface area contributed by atoms with Gasteiger partial charge in [-0.05, 0) is 18.2 Å². The number of amides is 2. The molecule has 5 N–H and O–H groups in total. The number of carboxylic acid groups (broad SMARTS) is 1. The number of carbonyl (C=O) groups is 3. The number of benzene rings is 1. The van der Waals surface area contributed by atoms with Gasteiger partial charge in [0, 0.05) is 10.9 Å². The van der Waals surface area contributed by atoms with Crippen molar-refractivity contribution in [1.82, 2.24) is 15.5 Å². The van der Waals surface area contributed by atoms with Crippen molar-refractivity contribution in [3.8, 4) is 0 Å². The van der Waals surface area contributed by atoms with E-state index in [1.807, 2.05) is 0 Å². The number of nitrogens with zero attached hydrogens (tertiary/aromatic N) is 1. The molecular weight excluding hydrogens is 264 g/mol. The summed E-state index contributed by atoms with van der Waals surface area (Å²) >= 11 is 0. The highest BCUT2D eigenvalue weighted by Gasteiger charge is 2.22. The van der Waals surface area contributed by atoms with Crippen molar-refractivity contribution in [2.24, 2.45) is 5.73 Å². The van der Waals surface area contributed by atoms with Crippen LogP contribution < -0.4 is 11.1 Å². The van der Waals surface area contributed by atoms with Gasteiger partial charge < -0.3 is 16.2 Å². The van der Waals surface area contributed by atoms with Crippen LogP contribution in [0.3, 0.4) is 0 Å². The van der Waals surface area contributed by atoms with Crippen molar-refractivity contribution >= 4 is 28.7 Å². The van der Waals surface area contributed by atoms with E-state index in [9.17, 15) is 14.4 Å². The highest BCUT2D eigenvalue weighted by molar-refractivity contribution is 6.00. The lowest BCUT2D eigenvalue weighted by molar-refractivity contribution is -0.140. The number of aliphatic carboxylic acids is 1. The smallest absolute Gasteiger partial charge is 0.326 e. The van der Waals surface area contributed by atoms with Crippen molar-refractivity contribution in [2.75, 3.05) is 0 Å². The molecule has 2 amide bonds. The van der Waals surface area contributed by atoms with E-state index >= 15 is 0 Å². The molecule has 0 aliphatic heterocycles. The van der Waals surface area contributed by atoms with Gasteiger partial charge in [0.25, 0.3) is 5.91 Å². The fraction of sp³-hybridized carbons (Fsp3) is 0.167. The third kappa shape index (κ3) is 2.91. The second-order valence-corrected chi connectivity index (χ2v) is 4.21. The molecule has 1 atom stereocenters. The van der Waals surface area contributed by atoms with Crippen LogP contribution in [0.5, 0.6) is 0 Å². The lowest BCUT2D eigenvalue weighted by atomic mass is 10.1. The van der Waals surface area contributed by atoms with E-state index in [-0.39, 0.29) is 5.56 Å². The highest BCUT2D eigenvalue weighted by Crippen LogP contribution is 2.13. The molecule has 0 aliphatic rings. The molecule has 0 saturated carbocycles. The van der Waals surface area contributed by atoms with Crippen LogP contribution in [-0.4, -0.2) is 39.1 Å². The number of aromatic nitrogens is 2. The predicted molar refractivity (Wildman–Crippen MR) is 68.8 cm³/mol. The Labute approximate surface area is 113 Å². The molecule has 0 fully saturated rings. The van der Waals surface area contributed by atoms with Crippen molar-refractivity contribution in [2.45, 2.75) is 12.5 Å². The highest BCUT2D eigenvalue weighted by atomic mass is 16.4. The molecule has 20 heavy (non-hydrogen) atoms. The number of rotatable bonds is 5. The topological polar surface area (TPSA) is 138 Å². The Bertz CT molecular complexity index is 679. The van der Waals surface area contributed by atoms with E-state index in [1.54, 1.807) is 18.3 Å². The fourth-order valence-corrected chi connectivity index (χ4v) is 1.73. The zero-order valence-electron chi connectivity index (χ0n) is 10.3. The molecule has 8 heteroatoms. The summed E-state index contributed by atoms with van der Waals surface area (Å²) in [6.45, 7) is 0. The molecule has 0 aliphatic carbocycles. The van der Waals surface area contributed by atoms with E-state index in [1.165, 1.54) is 6.07 Å². The van der Waals surface area contributed by atoms with Crippen molar-refractivity contribution < 1.29 is 19.5 Å². The molecular formula is C12H12N4O4. The van der Waals surface area contributed by atoms with Gasteiger partial charge in [-0.15, -0.1) is 0 Å². The van der Waals surface area contributed by atoms with Crippen LogP contribution >= 0.6 is 0 Å². The standard InChI is InChI=1S/C12H12N4O4/c13-10(17)4-9(12(19)20)15-11(18)6-1-2-8-7(3-6)5-14-16-8/h1-3,5,9H,4H2,(H2,13,17)(H,14,16)(H,15,18)(H,19,20). The minimum atomic E-state index is -1.35. The molecule has 1 unspecified atom stereocenters. The summed E-state index contributed by atoms with van der Waals surface area (Å²) in [5.74, 6) is -2.72. The SMILES string of the molecule is NC(=O)CC(NC(=O)c1ccc2[nH]ncc2c1)C(=O)O. The first-order chi connectivity index (χ1) is 9.47. The van der Waals surface area contributed by atoms with Gasteiger partial charge in [0.05, 0.1) is 18.1 Å². The van der Waals surface area contributed by atoms with Gasteiger partial charge in [-0.25, -0.2) is 4.79 Å². The summed E-state index contributed by atoms with van der Waals surface area (Å²) in [6.07, 6.45) is 1.08. The second-order valence-electron chi connectivity index (χ2n) is 4.21. The third-order valence-electron chi connectivity index (χ3n) is 2.71. The number of carboxylic acids is 1. The number of hydrogen-bond donors (Lipinski definition) is 4. The molecule has 1 heterocycles. The maximum absolute atomic E-state index is 11.9. The molecule has 1 aromatic heterocycles. The fourth-order valence-electron chi connectivity index (χ4n) is 1.73. The van der Waals surface area contributed by atoms with Crippen LogP contribution in [0.4, 0.5) is 0 Å².